The second kappa shape index (κ2) is 6.87. The van der Waals surface area contributed by atoms with Gasteiger partial charge < -0.3 is 10.4 Å². The van der Waals surface area contributed by atoms with E-state index in [9.17, 15) is 5.11 Å². The van der Waals surface area contributed by atoms with Crippen LogP contribution in [0.5, 0.6) is 0 Å². The molecule has 19 heavy (non-hydrogen) atoms. The van der Waals surface area contributed by atoms with E-state index in [1.54, 1.807) is 11.3 Å². The number of aliphatic hydroxyl groups excluding tert-OH is 1. The summed E-state index contributed by atoms with van der Waals surface area (Å²) >= 11 is 1.65. The zero-order valence-electron chi connectivity index (χ0n) is 12.3. The molecular weight excluding hydrogens is 254 g/mol. The van der Waals surface area contributed by atoms with Gasteiger partial charge in [-0.1, -0.05) is 39.7 Å². The van der Waals surface area contributed by atoms with Gasteiger partial charge in [0.2, 0.25) is 0 Å². The molecule has 4 unspecified atom stereocenters. The number of aliphatic hydroxyl groups is 1. The van der Waals surface area contributed by atoms with Crippen LogP contribution in [0.15, 0.2) is 17.5 Å². The highest BCUT2D eigenvalue weighted by Gasteiger charge is 2.30. The third-order valence-corrected chi connectivity index (χ3v) is 5.35. The third-order valence-electron chi connectivity index (χ3n) is 4.41. The lowest BCUT2D eigenvalue weighted by molar-refractivity contribution is 0.0889. The van der Waals surface area contributed by atoms with Gasteiger partial charge in [-0.05, 0) is 36.1 Å². The summed E-state index contributed by atoms with van der Waals surface area (Å²) < 4.78 is 0. The lowest BCUT2D eigenvalue weighted by Gasteiger charge is -2.36. The molecule has 1 saturated carbocycles. The topological polar surface area (TPSA) is 32.3 Å². The van der Waals surface area contributed by atoms with E-state index < -0.39 is 0 Å². The maximum absolute atomic E-state index is 10.6. The Bertz CT molecular complexity index is 363. The summed E-state index contributed by atoms with van der Waals surface area (Å²) in [6, 6.07) is 4.78. The van der Waals surface area contributed by atoms with E-state index >= 15 is 0 Å². The normalized spacial score (nSPS) is 27.4. The van der Waals surface area contributed by atoms with E-state index in [0.717, 1.165) is 10.8 Å². The van der Waals surface area contributed by atoms with Gasteiger partial charge in [-0.2, -0.15) is 0 Å². The summed E-state index contributed by atoms with van der Waals surface area (Å²) in [6.45, 7) is 6.73. The molecule has 0 radical (unpaired) electrons. The van der Waals surface area contributed by atoms with Crippen molar-refractivity contribution in [1.29, 1.82) is 0 Å². The van der Waals surface area contributed by atoms with E-state index in [2.05, 4.69) is 26.1 Å². The predicted octanol–water partition coefficient (Wildman–Crippen LogP) is 3.97. The molecule has 3 heteroatoms. The van der Waals surface area contributed by atoms with Crippen LogP contribution in [0.3, 0.4) is 0 Å². The molecule has 0 saturated heterocycles. The molecule has 4 atom stereocenters. The molecular formula is C16H27NOS. The van der Waals surface area contributed by atoms with Gasteiger partial charge in [0, 0.05) is 17.0 Å². The van der Waals surface area contributed by atoms with Crippen LogP contribution in [0.4, 0.5) is 0 Å². The number of hydrogen-bond donors (Lipinski definition) is 2. The van der Waals surface area contributed by atoms with Crippen molar-refractivity contribution in [3.05, 3.63) is 22.4 Å². The maximum atomic E-state index is 10.6. The highest BCUT2D eigenvalue weighted by Crippen LogP contribution is 2.29. The largest absolute Gasteiger partial charge is 0.386 e. The molecule has 1 heterocycles. The Morgan fingerprint density at radius 1 is 1.32 bits per heavy atom. The van der Waals surface area contributed by atoms with Gasteiger partial charge >= 0.3 is 0 Å². The molecule has 0 aromatic carbocycles. The Hall–Kier alpha value is -0.380. The second-order valence-corrected chi connectivity index (χ2v) is 7.24. The molecule has 2 rings (SSSR count). The van der Waals surface area contributed by atoms with Gasteiger partial charge in [0.1, 0.15) is 6.10 Å². The zero-order valence-corrected chi connectivity index (χ0v) is 13.1. The Morgan fingerprint density at radius 2 is 2.05 bits per heavy atom. The monoisotopic (exact) mass is 281 g/mol. The van der Waals surface area contributed by atoms with E-state index in [-0.39, 0.29) is 12.1 Å². The Labute approximate surface area is 121 Å². The van der Waals surface area contributed by atoms with Gasteiger partial charge in [0.15, 0.2) is 0 Å². The van der Waals surface area contributed by atoms with Crippen molar-refractivity contribution >= 4 is 11.3 Å². The van der Waals surface area contributed by atoms with Gasteiger partial charge in [-0.25, -0.2) is 0 Å². The lowest BCUT2D eigenvalue weighted by atomic mass is 9.84. The Balaban J connectivity index is 2.03. The average molecular weight is 281 g/mol. The molecule has 0 aliphatic heterocycles. The molecule has 2 N–H and O–H groups in total. The second-order valence-electron chi connectivity index (χ2n) is 6.26. The minimum absolute atomic E-state index is 0.157. The SMILES string of the molecule is CC(C)C(NC1CCCCC1C)C(O)c1cccs1. The molecule has 1 fully saturated rings. The Morgan fingerprint density at radius 3 is 2.63 bits per heavy atom. The van der Waals surface area contributed by atoms with Crippen LogP contribution in [0.2, 0.25) is 0 Å². The number of nitrogens with one attached hydrogen (secondary N) is 1. The zero-order chi connectivity index (χ0) is 13.8. The highest BCUT2D eigenvalue weighted by molar-refractivity contribution is 7.10. The standard InChI is InChI=1S/C16H27NOS/c1-11(2)15(16(18)14-9-6-10-19-14)17-13-8-5-4-7-12(13)3/h6,9-13,15-18H,4-5,7-8H2,1-3H3. The van der Waals surface area contributed by atoms with Crippen LogP contribution >= 0.6 is 11.3 Å². The first-order valence-corrected chi connectivity index (χ1v) is 8.45. The van der Waals surface area contributed by atoms with Gasteiger partial charge in [-0.15, -0.1) is 11.3 Å². The molecule has 2 nitrogen and oxygen atoms in total. The Kier molecular flexibility index (Phi) is 5.43. The smallest absolute Gasteiger partial charge is 0.104 e. The van der Waals surface area contributed by atoms with Crippen LogP contribution < -0.4 is 5.32 Å². The summed E-state index contributed by atoms with van der Waals surface area (Å²) in [6.07, 6.45) is 4.87. The van der Waals surface area contributed by atoms with Crippen molar-refractivity contribution in [1.82, 2.24) is 5.32 Å². The van der Waals surface area contributed by atoms with Crippen LogP contribution in [0, 0.1) is 11.8 Å². The maximum Gasteiger partial charge on any atom is 0.104 e. The lowest BCUT2D eigenvalue weighted by Crippen LogP contribution is -2.48. The summed E-state index contributed by atoms with van der Waals surface area (Å²) in [5.41, 5.74) is 0. The van der Waals surface area contributed by atoms with Crippen LogP contribution in [0.25, 0.3) is 0 Å². The van der Waals surface area contributed by atoms with E-state index in [1.807, 2.05) is 17.5 Å². The van der Waals surface area contributed by atoms with Gasteiger partial charge in [0.25, 0.3) is 0 Å². The summed E-state index contributed by atoms with van der Waals surface area (Å²) in [5, 5.41) is 16.4. The van der Waals surface area contributed by atoms with Gasteiger partial charge in [-0.3, -0.25) is 0 Å². The van der Waals surface area contributed by atoms with Crippen molar-refractivity contribution in [2.75, 3.05) is 0 Å². The molecule has 0 bridgehead atoms. The van der Waals surface area contributed by atoms with Crippen molar-refractivity contribution in [2.24, 2.45) is 11.8 Å². The first kappa shape index (κ1) is 15.0. The first-order valence-electron chi connectivity index (χ1n) is 7.57. The summed E-state index contributed by atoms with van der Waals surface area (Å²) in [5.74, 6) is 1.16. The minimum atomic E-state index is -0.380. The molecule has 1 aromatic heterocycles. The number of hydrogen-bond acceptors (Lipinski definition) is 3. The van der Waals surface area contributed by atoms with Crippen molar-refractivity contribution in [3.63, 3.8) is 0 Å². The van der Waals surface area contributed by atoms with Crippen molar-refractivity contribution < 1.29 is 5.11 Å². The molecule has 108 valence electrons. The fraction of sp³-hybridized carbons (Fsp3) is 0.750. The number of rotatable bonds is 5. The molecule has 1 aliphatic rings. The fourth-order valence-electron chi connectivity index (χ4n) is 3.10. The van der Waals surface area contributed by atoms with Crippen LogP contribution in [-0.4, -0.2) is 17.2 Å². The van der Waals surface area contributed by atoms with E-state index in [1.165, 1.54) is 25.7 Å². The molecule has 1 aliphatic carbocycles. The quantitative estimate of drug-likeness (QED) is 0.856. The van der Waals surface area contributed by atoms with Crippen LogP contribution in [-0.2, 0) is 0 Å². The summed E-state index contributed by atoms with van der Waals surface area (Å²) in [4.78, 5) is 1.08. The van der Waals surface area contributed by atoms with Crippen molar-refractivity contribution in [2.45, 2.75) is 64.6 Å². The van der Waals surface area contributed by atoms with E-state index in [0.29, 0.717) is 12.0 Å². The first-order chi connectivity index (χ1) is 9.09. The van der Waals surface area contributed by atoms with E-state index in [4.69, 9.17) is 0 Å². The molecule has 0 spiro atoms. The minimum Gasteiger partial charge on any atom is -0.386 e. The predicted molar refractivity (Wildman–Crippen MR) is 82.5 cm³/mol. The summed E-state index contributed by atoms with van der Waals surface area (Å²) in [7, 11) is 0. The number of thiophene rings is 1. The molecule has 1 aromatic rings. The highest BCUT2D eigenvalue weighted by atomic mass is 32.1. The average Bonchev–Trinajstić information content (AvgIpc) is 2.90. The van der Waals surface area contributed by atoms with Crippen LogP contribution in [0.1, 0.15) is 57.4 Å². The van der Waals surface area contributed by atoms with Gasteiger partial charge in [0.05, 0.1) is 0 Å². The molecule has 0 amide bonds. The fourth-order valence-corrected chi connectivity index (χ4v) is 3.85. The third kappa shape index (κ3) is 3.80. The van der Waals surface area contributed by atoms with Crippen molar-refractivity contribution in [3.8, 4) is 0 Å².